The molecule has 2 aromatic carbocycles. The highest BCUT2D eigenvalue weighted by atomic mass is 16.5. The molecule has 30 heavy (non-hydrogen) atoms. The van der Waals surface area contributed by atoms with E-state index in [0.717, 1.165) is 16.9 Å². The van der Waals surface area contributed by atoms with Gasteiger partial charge in [0.25, 0.3) is 0 Å². The molecule has 0 bridgehead atoms. The van der Waals surface area contributed by atoms with Crippen LogP contribution in [0.15, 0.2) is 48.5 Å². The Hall–Kier alpha value is -3.68. The minimum absolute atomic E-state index is 0.167. The third kappa shape index (κ3) is 4.83. The molecule has 1 saturated heterocycles. The number of unbranched alkanes of at least 4 members (excludes halogenated alkanes) is 1. The van der Waals surface area contributed by atoms with E-state index in [1.807, 2.05) is 38.1 Å². The average molecular weight is 409 g/mol. The van der Waals surface area contributed by atoms with E-state index in [4.69, 9.17) is 4.74 Å². The number of ether oxygens (including phenoxy) is 1. The monoisotopic (exact) mass is 409 g/mol. The minimum atomic E-state index is -0.979. The first-order valence-corrected chi connectivity index (χ1v) is 9.71. The summed E-state index contributed by atoms with van der Waals surface area (Å²) in [7, 11) is 0. The smallest absolute Gasteiger partial charge is 0.334 e. The molecule has 1 fully saturated rings. The van der Waals surface area contributed by atoms with Crippen LogP contribution in [0.3, 0.4) is 0 Å². The van der Waals surface area contributed by atoms with Gasteiger partial charge in [0, 0.05) is 12.2 Å². The minimum Gasteiger partial charge on any atom is -0.457 e. The lowest BCUT2D eigenvalue weighted by atomic mass is 10.2. The Morgan fingerprint density at radius 3 is 2.07 bits per heavy atom. The summed E-state index contributed by atoms with van der Waals surface area (Å²) in [6, 6.07) is 13.5. The normalized spacial score (nSPS) is 13.7. The number of rotatable bonds is 8. The van der Waals surface area contributed by atoms with Crippen molar-refractivity contribution in [3.05, 3.63) is 54.1 Å². The van der Waals surface area contributed by atoms with Crippen LogP contribution in [0, 0.1) is 6.92 Å². The molecule has 0 aliphatic carbocycles. The quantitative estimate of drug-likeness (QED) is 0.533. The summed E-state index contributed by atoms with van der Waals surface area (Å²) in [5.41, 5.74) is 1.61. The van der Waals surface area contributed by atoms with Crippen LogP contribution in [-0.2, 0) is 14.4 Å². The summed E-state index contributed by atoms with van der Waals surface area (Å²) >= 11 is 0. The summed E-state index contributed by atoms with van der Waals surface area (Å²) in [5.74, 6) is -1.15. The molecule has 1 aliphatic rings. The van der Waals surface area contributed by atoms with Gasteiger partial charge in [-0.2, -0.15) is 0 Å². The number of carbonyl (C=O) groups is 4. The van der Waals surface area contributed by atoms with Gasteiger partial charge in [0.15, 0.2) is 0 Å². The van der Waals surface area contributed by atoms with E-state index in [0.29, 0.717) is 28.5 Å². The Labute approximate surface area is 174 Å². The highest BCUT2D eigenvalue weighted by Crippen LogP contribution is 2.23. The van der Waals surface area contributed by atoms with Gasteiger partial charge >= 0.3 is 17.8 Å². The molecule has 5 amide bonds. The molecular weight excluding hydrogens is 386 g/mol. The number of urea groups is 1. The van der Waals surface area contributed by atoms with Gasteiger partial charge in [0.05, 0.1) is 0 Å². The number of anilines is 1. The van der Waals surface area contributed by atoms with Crippen molar-refractivity contribution in [1.29, 1.82) is 0 Å². The first-order valence-electron chi connectivity index (χ1n) is 9.71. The van der Waals surface area contributed by atoms with Crippen LogP contribution < -0.4 is 10.1 Å². The van der Waals surface area contributed by atoms with Crippen molar-refractivity contribution in [3.63, 3.8) is 0 Å². The predicted octanol–water partition coefficient (Wildman–Crippen LogP) is 3.32. The molecular formula is C22H23N3O5. The number of nitrogens with zero attached hydrogens (tertiary/aromatic N) is 2. The molecule has 8 heteroatoms. The molecule has 0 aromatic heterocycles. The van der Waals surface area contributed by atoms with Gasteiger partial charge in [-0.25, -0.2) is 9.69 Å². The molecule has 8 nitrogen and oxygen atoms in total. The van der Waals surface area contributed by atoms with E-state index in [1.54, 1.807) is 24.3 Å². The Kier molecular flexibility index (Phi) is 6.46. The number of carbonyl (C=O) groups excluding carboxylic acids is 4. The van der Waals surface area contributed by atoms with E-state index in [-0.39, 0.29) is 6.54 Å². The van der Waals surface area contributed by atoms with Gasteiger partial charge < -0.3 is 10.1 Å². The second-order valence-corrected chi connectivity index (χ2v) is 6.97. The van der Waals surface area contributed by atoms with Crippen molar-refractivity contribution >= 4 is 29.4 Å². The fourth-order valence-corrected chi connectivity index (χ4v) is 2.90. The Balaban J connectivity index is 1.57. The average Bonchev–Trinajstić information content (AvgIpc) is 2.93. The van der Waals surface area contributed by atoms with E-state index in [9.17, 15) is 19.2 Å². The third-order valence-corrected chi connectivity index (χ3v) is 4.57. The topological polar surface area (TPSA) is 96.0 Å². The fraction of sp³-hybridized carbons (Fsp3) is 0.273. The maximum atomic E-state index is 12.3. The van der Waals surface area contributed by atoms with Gasteiger partial charge in [-0.15, -0.1) is 0 Å². The number of aryl methyl sites for hydroxylation is 1. The molecule has 1 N–H and O–H groups in total. The summed E-state index contributed by atoms with van der Waals surface area (Å²) in [5, 5.41) is 2.61. The first kappa shape index (κ1) is 21.0. The number of hydrogen-bond donors (Lipinski definition) is 1. The van der Waals surface area contributed by atoms with Crippen LogP contribution in [0.5, 0.6) is 11.5 Å². The summed E-state index contributed by atoms with van der Waals surface area (Å²) in [6.07, 6.45) is 1.37. The number of hydrogen-bond acceptors (Lipinski definition) is 5. The summed E-state index contributed by atoms with van der Waals surface area (Å²) in [6.45, 7) is 3.55. The molecule has 156 valence electrons. The van der Waals surface area contributed by atoms with E-state index >= 15 is 0 Å². The summed E-state index contributed by atoms with van der Waals surface area (Å²) < 4.78 is 5.73. The molecule has 0 spiro atoms. The van der Waals surface area contributed by atoms with Crippen LogP contribution in [0.1, 0.15) is 25.3 Å². The molecule has 0 saturated carbocycles. The Morgan fingerprint density at radius 2 is 1.47 bits per heavy atom. The van der Waals surface area contributed by atoms with E-state index in [2.05, 4.69) is 5.32 Å². The lowest BCUT2D eigenvalue weighted by Gasteiger charge is -2.15. The zero-order valence-corrected chi connectivity index (χ0v) is 16.9. The molecule has 3 rings (SSSR count). The molecule has 0 atom stereocenters. The van der Waals surface area contributed by atoms with Crippen molar-refractivity contribution < 1.29 is 23.9 Å². The van der Waals surface area contributed by atoms with Gasteiger partial charge in [-0.05, 0) is 49.7 Å². The maximum Gasteiger partial charge on any atom is 0.334 e. The van der Waals surface area contributed by atoms with Crippen LogP contribution in [0.2, 0.25) is 0 Å². The van der Waals surface area contributed by atoms with Crippen LogP contribution in [-0.4, -0.2) is 46.6 Å². The fourth-order valence-electron chi connectivity index (χ4n) is 2.90. The molecule has 1 heterocycles. The van der Waals surface area contributed by atoms with Crippen LogP contribution in [0.25, 0.3) is 0 Å². The lowest BCUT2D eigenvalue weighted by Crippen LogP contribution is -2.39. The lowest BCUT2D eigenvalue weighted by molar-refractivity contribution is -0.143. The van der Waals surface area contributed by atoms with E-state index in [1.165, 1.54) is 0 Å². The third-order valence-electron chi connectivity index (χ3n) is 4.57. The Morgan fingerprint density at radius 1 is 0.900 bits per heavy atom. The van der Waals surface area contributed by atoms with Crippen LogP contribution >= 0.6 is 0 Å². The summed E-state index contributed by atoms with van der Waals surface area (Å²) in [4.78, 5) is 50.1. The van der Waals surface area contributed by atoms with Gasteiger partial charge in [0.1, 0.15) is 18.0 Å². The van der Waals surface area contributed by atoms with Crippen molar-refractivity contribution in [3.8, 4) is 11.5 Å². The maximum absolute atomic E-state index is 12.3. The highest BCUT2D eigenvalue weighted by Gasteiger charge is 2.44. The number of benzene rings is 2. The highest BCUT2D eigenvalue weighted by molar-refractivity contribution is 6.45. The zero-order valence-electron chi connectivity index (χ0n) is 16.9. The zero-order chi connectivity index (χ0) is 21.7. The van der Waals surface area contributed by atoms with Crippen molar-refractivity contribution in [1.82, 2.24) is 9.80 Å². The van der Waals surface area contributed by atoms with Crippen molar-refractivity contribution in [2.75, 3.05) is 18.4 Å². The standard InChI is InChI=1S/C22H23N3O5/c1-3-4-13-24-20(27)21(28)25(22(24)29)14-19(26)23-16-7-11-18(12-8-16)30-17-9-5-15(2)6-10-17/h5-12H,3-4,13-14H2,1-2H3,(H,23,26). The van der Waals surface area contributed by atoms with Crippen molar-refractivity contribution in [2.45, 2.75) is 26.7 Å². The number of imide groups is 2. The molecule has 0 unspecified atom stereocenters. The predicted molar refractivity (Wildman–Crippen MR) is 110 cm³/mol. The number of nitrogens with one attached hydrogen (secondary N) is 1. The molecule has 1 aliphatic heterocycles. The SMILES string of the molecule is CCCCN1C(=O)C(=O)N(CC(=O)Nc2ccc(Oc3ccc(C)cc3)cc2)C1=O. The van der Waals surface area contributed by atoms with E-state index < -0.39 is 30.3 Å². The molecule has 0 radical (unpaired) electrons. The Bertz CT molecular complexity index is 954. The van der Waals surface area contributed by atoms with Gasteiger partial charge in [-0.1, -0.05) is 31.0 Å². The van der Waals surface area contributed by atoms with Gasteiger partial charge in [0.2, 0.25) is 5.91 Å². The largest absolute Gasteiger partial charge is 0.457 e. The molecule has 2 aromatic rings. The van der Waals surface area contributed by atoms with Gasteiger partial charge in [-0.3, -0.25) is 19.3 Å². The second-order valence-electron chi connectivity index (χ2n) is 6.97. The number of amides is 5. The van der Waals surface area contributed by atoms with Crippen molar-refractivity contribution in [2.24, 2.45) is 0 Å². The second kappa shape index (κ2) is 9.21. The first-order chi connectivity index (χ1) is 14.4. The van der Waals surface area contributed by atoms with Crippen LogP contribution in [0.4, 0.5) is 10.5 Å².